The zero-order valence-corrected chi connectivity index (χ0v) is 7.18. The number of ether oxygens (including phenoxy) is 1. The Morgan fingerprint density at radius 3 is 2.82 bits per heavy atom. The molecule has 1 aliphatic heterocycles. The normalized spacial score (nSPS) is 26.2. The van der Waals surface area contributed by atoms with Crippen LogP contribution in [0.5, 0.6) is 0 Å². The van der Waals surface area contributed by atoms with Crippen LogP contribution in [0.4, 0.5) is 0 Å². The molecule has 2 unspecified atom stereocenters. The lowest BCUT2D eigenvalue weighted by Crippen LogP contribution is -2.29. The van der Waals surface area contributed by atoms with E-state index in [4.69, 9.17) is 10.5 Å². The van der Waals surface area contributed by atoms with E-state index in [0.29, 0.717) is 12.0 Å². The Kier molecular flexibility index (Phi) is 5.46. The summed E-state index contributed by atoms with van der Waals surface area (Å²) in [5.41, 5.74) is 5.91. The Hall–Kier alpha value is -0.120. The van der Waals surface area contributed by atoms with Gasteiger partial charge >= 0.3 is 0 Å². The molecule has 4 N–H and O–H groups in total. The second-order valence-electron chi connectivity index (χ2n) is 3.08. The zero-order valence-electron chi connectivity index (χ0n) is 7.18. The lowest BCUT2D eigenvalue weighted by molar-refractivity contribution is 0.179. The van der Waals surface area contributed by atoms with Gasteiger partial charge in [0.2, 0.25) is 0 Å². The molecule has 0 radical (unpaired) electrons. The number of rotatable bonds is 3. The Bertz CT molecular complexity index is 92.1. The van der Waals surface area contributed by atoms with Crippen molar-refractivity contribution in [3.8, 4) is 0 Å². The van der Waals surface area contributed by atoms with Crippen LogP contribution in [0, 0.1) is 5.92 Å². The molecule has 0 bridgehead atoms. The third-order valence-electron chi connectivity index (χ3n) is 2.19. The van der Waals surface area contributed by atoms with Gasteiger partial charge in [-0.25, -0.2) is 0 Å². The van der Waals surface area contributed by atoms with Crippen molar-refractivity contribution in [2.24, 2.45) is 11.7 Å². The Balaban J connectivity index is 0.000001000. The SMILES string of the molecule is CCCC(N)C1CCOC1.O. The molecule has 0 aliphatic carbocycles. The summed E-state index contributed by atoms with van der Waals surface area (Å²) in [5.74, 6) is 0.639. The first-order valence-corrected chi connectivity index (χ1v) is 4.18. The molecule has 3 nitrogen and oxygen atoms in total. The summed E-state index contributed by atoms with van der Waals surface area (Å²) < 4.78 is 5.24. The first-order valence-electron chi connectivity index (χ1n) is 4.18. The molecule has 1 saturated heterocycles. The molecule has 1 rings (SSSR count). The van der Waals surface area contributed by atoms with Gasteiger partial charge in [0.1, 0.15) is 0 Å². The molecule has 11 heavy (non-hydrogen) atoms. The maximum absolute atomic E-state index is 5.91. The van der Waals surface area contributed by atoms with E-state index in [1.54, 1.807) is 0 Å². The zero-order chi connectivity index (χ0) is 7.40. The molecule has 68 valence electrons. The molecule has 1 fully saturated rings. The number of hydrogen-bond acceptors (Lipinski definition) is 2. The minimum absolute atomic E-state index is 0. The van der Waals surface area contributed by atoms with Crippen molar-refractivity contribution in [2.75, 3.05) is 13.2 Å². The van der Waals surface area contributed by atoms with Crippen molar-refractivity contribution in [1.82, 2.24) is 0 Å². The number of hydrogen-bond donors (Lipinski definition) is 1. The van der Waals surface area contributed by atoms with Crippen LogP contribution in [0.1, 0.15) is 26.2 Å². The van der Waals surface area contributed by atoms with Crippen LogP contribution in [0.15, 0.2) is 0 Å². The monoisotopic (exact) mass is 161 g/mol. The molecule has 2 atom stereocenters. The van der Waals surface area contributed by atoms with Crippen molar-refractivity contribution in [2.45, 2.75) is 32.2 Å². The van der Waals surface area contributed by atoms with E-state index >= 15 is 0 Å². The average molecular weight is 161 g/mol. The molecule has 1 heterocycles. The van der Waals surface area contributed by atoms with Gasteiger partial charge in [0.15, 0.2) is 0 Å². The summed E-state index contributed by atoms with van der Waals surface area (Å²) in [5, 5.41) is 0. The highest BCUT2D eigenvalue weighted by Gasteiger charge is 2.21. The standard InChI is InChI=1S/C8H17NO.H2O/c1-2-3-8(9)7-4-5-10-6-7;/h7-8H,2-6,9H2,1H3;1H2. The second kappa shape index (κ2) is 5.52. The molecule has 0 saturated carbocycles. The summed E-state index contributed by atoms with van der Waals surface area (Å²) in [4.78, 5) is 0. The minimum atomic E-state index is 0. The van der Waals surface area contributed by atoms with Gasteiger partial charge in [0.25, 0.3) is 0 Å². The topological polar surface area (TPSA) is 66.8 Å². The Morgan fingerprint density at radius 1 is 1.64 bits per heavy atom. The Labute approximate surface area is 68.2 Å². The maximum atomic E-state index is 5.91. The first-order chi connectivity index (χ1) is 4.84. The van der Waals surface area contributed by atoms with E-state index in [1.807, 2.05) is 0 Å². The molecule has 0 aromatic rings. The van der Waals surface area contributed by atoms with Crippen LogP contribution in [0.25, 0.3) is 0 Å². The first kappa shape index (κ1) is 10.9. The van der Waals surface area contributed by atoms with Crippen LogP contribution in [0.3, 0.4) is 0 Å². The molecule has 0 spiro atoms. The molecular formula is C8H19NO2. The van der Waals surface area contributed by atoms with Crippen molar-refractivity contribution >= 4 is 0 Å². The molecule has 0 aromatic heterocycles. The van der Waals surface area contributed by atoms with Crippen molar-refractivity contribution in [3.63, 3.8) is 0 Å². The summed E-state index contributed by atoms with van der Waals surface area (Å²) >= 11 is 0. The smallest absolute Gasteiger partial charge is 0.0509 e. The van der Waals surface area contributed by atoms with Gasteiger partial charge in [-0.2, -0.15) is 0 Å². The van der Waals surface area contributed by atoms with Crippen LogP contribution in [0.2, 0.25) is 0 Å². The molecular weight excluding hydrogens is 142 g/mol. The highest BCUT2D eigenvalue weighted by molar-refractivity contribution is 4.75. The van der Waals surface area contributed by atoms with Gasteiger partial charge in [-0.1, -0.05) is 13.3 Å². The van der Waals surface area contributed by atoms with Crippen molar-refractivity contribution < 1.29 is 10.2 Å². The summed E-state index contributed by atoms with van der Waals surface area (Å²) in [6.45, 7) is 3.99. The third kappa shape index (κ3) is 3.18. The Morgan fingerprint density at radius 2 is 2.36 bits per heavy atom. The van der Waals surface area contributed by atoms with E-state index < -0.39 is 0 Å². The van der Waals surface area contributed by atoms with Crippen molar-refractivity contribution in [1.29, 1.82) is 0 Å². The maximum Gasteiger partial charge on any atom is 0.0509 e. The van der Waals surface area contributed by atoms with Gasteiger partial charge in [-0.05, 0) is 18.8 Å². The predicted molar refractivity (Wildman–Crippen MR) is 45.4 cm³/mol. The van der Waals surface area contributed by atoms with E-state index in [9.17, 15) is 0 Å². The lowest BCUT2D eigenvalue weighted by Gasteiger charge is -2.15. The van der Waals surface area contributed by atoms with Gasteiger partial charge in [-0.15, -0.1) is 0 Å². The van der Waals surface area contributed by atoms with E-state index in [1.165, 1.54) is 12.8 Å². The average Bonchev–Trinajstić information content (AvgIpc) is 2.38. The largest absolute Gasteiger partial charge is 0.412 e. The fourth-order valence-electron chi connectivity index (χ4n) is 1.46. The summed E-state index contributed by atoms with van der Waals surface area (Å²) in [6, 6.07) is 0.382. The lowest BCUT2D eigenvalue weighted by atomic mass is 9.96. The summed E-state index contributed by atoms with van der Waals surface area (Å²) in [6.07, 6.45) is 3.51. The van der Waals surface area contributed by atoms with E-state index in [0.717, 1.165) is 19.6 Å². The highest BCUT2D eigenvalue weighted by Crippen LogP contribution is 2.17. The van der Waals surface area contributed by atoms with Gasteiger partial charge in [-0.3, -0.25) is 0 Å². The summed E-state index contributed by atoms with van der Waals surface area (Å²) in [7, 11) is 0. The van der Waals surface area contributed by atoms with Crippen LogP contribution >= 0.6 is 0 Å². The number of nitrogens with two attached hydrogens (primary N) is 1. The molecule has 0 amide bonds. The third-order valence-corrected chi connectivity index (χ3v) is 2.19. The molecule has 1 aliphatic rings. The highest BCUT2D eigenvalue weighted by atomic mass is 16.5. The fraction of sp³-hybridized carbons (Fsp3) is 1.00. The van der Waals surface area contributed by atoms with Gasteiger partial charge < -0.3 is 15.9 Å². The quantitative estimate of drug-likeness (QED) is 0.648. The second-order valence-corrected chi connectivity index (χ2v) is 3.08. The molecule has 3 heteroatoms. The van der Waals surface area contributed by atoms with Crippen molar-refractivity contribution in [3.05, 3.63) is 0 Å². The molecule has 0 aromatic carbocycles. The van der Waals surface area contributed by atoms with Crippen LogP contribution in [-0.4, -0.2) is 24.7 Å². The fourth-order valence-corrected chi connectivity index (χ4v) is 1.46. The van der Waals surface area contributed by atoms with Crippen LogP contribution in [-0.2, 0) is 4.74 Å². The minimum Gasteiger partial charge on any atom is -0.412 e. The predicted octanol–water partition coefficient (Wildman–Crippen LogP) is 0.326. The van der Waals surface area contributed by atoms with E-state index in [-0.39, 0.29) is 5.48 Å². The van der Waals surface area contributed by atoms with Gasteiger partial charge in [0, 0.05) is 12.6 Å². The van der Waals surface area contributed by atoms with E-state index in [2.05, 4.69) is 6.92 Å². The van der Waals surface area contributed by atoms with Crippen LogP contribution < -0.4 is 5.73 Å². The van der Waals surface area contributed by atoms with Gasteiger partial charge in [0.05, 0.1) is 6.61 Å².